The highest BCUT2D eigenvalue weighted by molar-refractivity contribution is 9.10. The maximum atomic E-state index is 13.0. The number of rotatable bonds is 2. The van der Waals surface area contributed by atoms with Gasteiger partial charge in [-0.3, -0.25) is 0 Å². The van der Waals surface area contributed by atoms with E-state index >= 15 is 0 Å². The third-order valence-electron chi connectivity index (χ3n) is 1.93. The average molecular weight is 271 g/mol. The van der Waals surface area contributed by atoms with E-state index < -0.39 is 0 Å². The Labute approximate surface area is 94.5 Å². The molecule has 2 aromatic rings. The van der Waals surface area contributed by atoms with E-state index in [1.165, 1.54) is 12.1 Å². The predicted molar refractivity (Wildman–Crippen MR) is 56.8 cm³/mol. The highest BCUT2D eigenvalue weighted by Crippen LogP contribution is 2.27. The third kappa shape index (κ3) is 2.07. The zero-order valence-corrected chi connectivity index (χ0v) is 9.58. The monoisotopic (exact) mass is 270 g/mol. The Bertz CT molecular complexity index is 484. The van der Waals surface area contributed by atoms with E-state index in [-0.39, 0.29) is 5.82 Å². The van der Waals surface area contributed by atoms with Gasteiger partial charge >= 0.3 is 0 Å². The van der Waals surface area contributed by atoms with Crippen molar-refractivity contribution in [2.24, 2.45) is 0 Å². The van der Waals surface area contributed by atoms with Gasteiger partial charge in [0.1, 0.15) is 5.82 Å². The van der Waals surface area contributed by atoms with Crippen LogP contribution in [0.25, 0.3) is 11.5 Å². The van der Waals surface area contributed by atoms with Crippen LogP contribution >= 0.6 is 15.9 Å². The van der Waals surface area contributed by atoms with E-state index in [2.05, 4.69) is 26.1 Å². The minimum Gasteiger partial charge on any atom is -0.421 e. The number of aromatic nitrogens is 2. The molecule has 0 saturated carbocycles. The fraction of sp³-hybridized carbons (Fsp3) is 0.200. The average Bonchev–Trinajstić information content (AvgIpc) is 2.70. The summed E-state index contributed by atoms with van der Waals surface area (Å²) in [5.74, 6) is 0.545. The van der Waals surface area contributed by atoms with Crippen LogP contribution in [0.1, 0.15) is 12.8 Å². The first kappa shape index (κ1) is 10.3. The van der Waals surface area contributed by atoms with Gasteiger partial charge in [0, 0.05) is 10.9 Å². The molecule has 0 spiro atoms. The third-order valence-corrected chi connectivity index (χ3v) is 2.62. The Balaban J connectivity index is 2.48. The SMILES string of the molecule is CCc1nnc(-c2cc(F)ccc2Br)o1. The molecule has 0 unspecified atom stereocenters. The second-order valence-electron chi connectivity index (χ2n) is 2.98. The molecule has 1 heterocycles. The second kappa shape index (κ2) is 4.10. The summed E-state index contributed by atoms with van der Waals surface area (Å²) in [5, 5.41) is 7.67. The molecule has 3 nitrogen and oxygen atoms in total. The molecule has 15 heavy (non-hydrogen) atoms. The molecule has 0 N–H and O–H groups in total. The van der Waals surface area contributed by atoms with Crippen LogP contribution in [0.5, 0.6) is 0 Å². The smallest absolute Gasteiger partial charge is 0.248 e. The van der Waals surface area contributed by atoms with Crippen LogP contribution in [0, 0.1) is 5.82 Å². The molecule has 0 fully saturated rings. The van der Waals surface area contributed by atoms with E-state index in [4.69, 9.17) is 4.42 Å². The molecule has 5 heteroatoms. The van der Waals surface area contributed by atoms with Gasteiger partial charge in [-0.1, -0.05) is 6.92 Å². The lowest BCUT2D eigenvalue weighted by Crippen LogP contribution is -1.82. The van der Waals surface area contributed by atoms with Gasteiger partial charge in [0.2, 0.25) is 11.8 Å². The Hall–Kier alpha value is -1.23. The number of hydrogen-bond acceptors (Lipinski definition) is 3. The summed E-state index contributed by atoms with van der Waals surface area (Å²) < 4.78 is 19.1. The van der Waals surface area contributed by atoms with Gasteiger partial charge in [-0.15, -0.1) is 10.2 Å². The normalized spacial score (nSPS) is 10.6. The van der Waals surface area contributed by atoms with E-state index in [1.54, 1.807) is 6.07 Å². The zero-order chi connectivity index (χ0) is 10.8. The maximum Gasteiger partial charge on any atom is 0.248 e. The zero-order valence-electron chi connectivity index (χ0n) is 8.00. The number of nitrogens with zero attached hydrogens (tertiary/aromatic N) is 2. The van der Waals surface area contributed by atoms with Crippen molar-refractivity contribution in [1.82, 2.24) is 10.2 Å². The van der Waals surface area contributed by atoms with Crippen molar-refractivity contribution in [3.05, 3.63) is 34.4 Å². The quantitative estimate of drug-likeness (QED) is 0.841. The fourth-order valence-corrected chi connectivity index (χ4v) is 1.58. The molecule has 78 valence electrons. The minimum atomic E-state index is -0.329. The molecular weight excluding hydrogens is 263 g/mol. The van der Waals surface area contributed by atoms with Gasteiger partial charge in [-0.2, -0.15) is 0 Å². The summed E-state index contributed by atoms with van der Waals surface area (Å²) in [7, 11) is 0. The van der Waals surface area contributed by atoms with E-state index in [0.29, 0.717) is 23.8 Å². The molecule has 0 atom stereocenters. The molecule has 0 amide bonds. The number of aryl methyl sites for hydroxylation is 1. The summed E-state index contributed by atoms with van der Waals surface area (Å²) in [6, 6.07) is 4.34. The summed E-state index contributed by atoms with van der Waals surface area (Å²) >= 11 is 3.30. The van der Waals surface area contributed by atoms with Crippen LogP contribution in [0.15, 0.2) is 27.1 Å². The first-order valence-electron chi connectivity index (χ1n) is 4.48. The maximum absolute atomic E-state index is 13.0. The Morgan fingerprint density at radius 3 is 2.87 bits per heavy atom. The summed E-state index contributed by atoms with van der Waals surface area (Å²) in [4.78, 5) is 0. The van der Waals surface area contributed by atoms with Crippen LogP contribution in [0.2, 0.25) is 0 Å². The van der Waals surface area contributed by atoms with Gasteiger partial charge in [0.15, 0.2) is 0 Å². The van der Waals surface area contributed by atoms with Gasteiger partial charge in [0.05, 0.1) is 5.56 Å². The highest BCUT2D eigenvalue weighted by Gasteiger charge is 2.11. The highest BCUT2D eigenvalue weighted by atomic mass is 79.9. The van der Waals surface area contributed by atoms with Crippen molar-refractivity contribution < 1.29 is 8.81 Å². The molecule has 0 aliphatic carbocycles. The van der Waals surface area contributed by atoms with Gasteiger partial charge < -0.3 is 4.42 Å². The van der Waals surface area contributed by atoms with Crippen molar-refractivity contribution >= 4 is 15.9 Å². The lowest BCUT2D eigenvalue weighted by atomic mass is 10.2. The summed E-state index contributed by atoms with van der Waals surface area (Å²) in [6.45, 7) is 1.91. The number of halogens is 2. The van der Waals surface area contributed by atoms with Gasteiger partial charge in [-0.05, 0) is 34.1 Å². The number of benzene rings is 1. The minimum absolute atomic E-state index is 0.329. The van der Waals surface area contributed by atoms with Gasteiger partial charge in [-0.25, -0.2) is 4.39 Å². The standard InChI is InChI=1S/C10H8BrFN2O/c1-2-9-13-14-10(15-9)7-5-6(12)3-4-8(7)11/h3-5H,2H2,1H3. The summed E-state index contributed by atoms with van der Waals surface area (Å²) in [5.41, 5.74) is 0.571. The summed E-state index contributed by atoms with van der Waals surface area (Å²) in [6.07, 6.45) is 0.667. The molecule has 0 saturated heterocycles. The van der Waals surface area contributed by atoms with Gasteiger partial charge in [0.25, 0.3) is 0 Å². The molecular formula is C10H8BrFN2O. The lowest BCUT2D eigenvalue weighted by molar-refractivity contribution is 0.512. The van der Waals surface area contributed by atoms with Crippen LogP contribution in [-0.2, 0) is 6.42 Å². The van der Waals surface area contributed by atoms with Crippen molar-refractivity contribution in [2.45, 2.75) is 13.3 Å². The Morgan fingerprint density at radius 1 is 1.40 bits per heavy atom. The first-order valence-corrected chi connectivity index (χ1v) is 5.28. The first-order chi connectivity index (χ1) is 7.20. The molecule has 0 bridgehead atoms. The van der Waals surface area contributed by atoms with Crippen LogP contribution in [-0.4, -0.2) is 10.2 Å². The van der Waals surface area contributed by atoms with Crippen molar-refractivity contribution in [3.8, 4) is 11.5 Å². The predicted octanol–water partition coefficient (Wildman–Crippen LogP) is 3.20. The van der Waals surface area contributed by atoms with Crippen molar-refractivity contribution in [3.63, 3.8) is 0 Å². The molecule has 2 rings (SSSR count). The van der Waals surface area contributed by atoms with E-state index in [9.17, 15) is 4.39 Å². The fourth-order valence-electron chi connectivity index (χ4n) is 1.17. The molecule has 0 radical (unpaired) electrons. The molecule has 1 aromatic carbocycles. The Kier molecular flexibility index (Phi) is 2.81. The van der Waals surface area contributed by atoms with Crippen LogP contribution in [0.3, 0.4) is 0 Å². The topological polar surface area (TPSA) is 38.9 Å². The molecule has 1 aromatic heterocycles. The van der Waals surface area contributed by atoms with E-state index in [1.807, 2.05) is 6.92 Å². The van der Waals surface area contributed by atoms with Crippen molar-refractivity contribution in [1.29, 1.82) is 0 Å². The molecule has 0 aliphatic heterocycles. The van der Waals surface area contributed by atoms with Crippen LogP contribution < -0.4 is 0 Å². The Morgan fingerprint density at radius 2 is 2.20 bits per heavy atom. The molecule has 0 aliphatic rings. The van der Waals surface area contributed by atoms with E-state index in [0.717, 1.165) is 4.47 Å². The largest absolute Gasteiger partial charge is 0.421 e. The van der Waals surface area contributed by atoms with Crippen LogP contribution in [0.4, 0.5) is 4.39 Å². The van der Waals surface area contributed by atoms with Crippen molar-refractivity contribution in [2.75, 3.05) is 0 Å². The second-order valence-corrected chi connectivity index (χ2v) is 3.83. The number of hydrogen-bond donors (Lipinski definition) is 0. The lowest BCUT2D eigenvalue weighted by Gasteiger charge is -1.98.